The maximum absolute atomic E-state index is 12.7. The lowest BCUT2D eigenvalue weighted by Crippen LogP contribution is -2.27. The fourth-order valence-corrected chi connectivity index (χ4v) is 5.86. The van der Waals surface area contributed by atoms with E-state index >= 15 is 0 Å². The van der Waals surface area contributed by atoms with Gasteiger partial charge < -0.3 is 19.3 Å². The summed E-state index contributed by atoms with van der Waals surface area (Å²) in [6, 6.07) is 6.76. The molecule has 6 heteroatoms. The third-order valence-corrected chi connectivity index (χ3v) is 8.85. The van der Waals surface area contributed by atoms with Crippen molar-refractivity contribution < 1.29 is 19.1 Å². The molecule has 0 bridgehead atoms. The Morgan fingerprint density at radius 3 is 1.07 bits per heavy atom. The number of nitrogens with zero attached hydrogens (tertiary/aromatic N) is 2. The average molecular weight is 645 g/mol. The second-order valence-electron chi connectivity index (χ2n) is 13.2. The molecule has 0 aliphatic carbocycles. The lowest BCUT2D eigenvalue weighted by Gasteiger charge is -2.22. The zero-order valence-electron chi connectivity index (χ0n) is 30.6. The standard InChI is InChI=1S/C40H72N2O4/c1-5-9-13-17-28-41(29-18-14-10-6-2)32-21-23-34-45-39(43)37-26-25-27-38(36-37)40(44)46-35-24-22-33-42(30-19-15-11-7-3)31-20-16-12-8-4/h25-27,36H,5-24,28-35H2,1-4H3. The predicted octanol–water partition coefficient (Wildman–Crippen LogP) is 10.5. The maximum atomic E-state index is 12.7. The van der Waals surface area contributed by atoms with Gasteiger partial charge in [-0.2, -0.15) is 0 Å². The Morgan fingerprint density at radius 2 is 0.761 bits per heavy atom. The van der Waals surface area contributed by atoms with Crippen molar-refractivity contribution in [2.45, 2.75) is 156 Å². The summed E-state index contributed by atoms with van der Waals surface area (Å²) in [7, 11) is 0. The van der Waals surface area contributed by atoms with Crippen LogP contribution in [0.25, 0.3) is 0 Å². The predicted molar refractivity (Wildman–Crippen MR) is 195 cm³/mol. The van der Waals surface area contributed by atoms with Gasteiger partial charge in [-0.1, -0.05) is 111 Å². The first-order valence-corrected chi connectivity index (χ1v) is 19.4. The van der Waals surface area contributed by atoms with E-state index in [1.807, 2.05) is 0 Å². The topological polar surface area (TPSA) is 59.1 Å². The van der Waals surface area contributed by atoms with E-state index in [4.69, 9.17) is 9.47 Å². The first-order chi connectivity index (χ1) is 22.5. The van der Waals surface area contributed by atoms with Crippen LogP contribution in [0, 0.1) is 0 Å². The molecule has 1 rings (SSSR count). The molecule has 46 heavy (non-hydrogen) atoms. The summed E-state index contributed by atoms with van der Waals surface area (Å²) in [4.78, 5) is 30.6. The third-order valence-electron chi connectivity index (χ3n) is 8.85. The van der Waals surface area contributed by atoms with E-state index in [1.54, 1.807) is 24.3 Å². The van der Waals surface area contributed by atoms with Crippen molar-refractivity contribution in [2.75, 3.05) is 52.5 Å². The average Bonchev–Trinajstić information content (AvgIpc) is 3.07. The van der Waals surface area contributed by atoms with Gasteiger partial charge in [-0.25, -0.2) is 9.59 Å². The highest BCUT2D eigenvalue weighted by Gasteiger charge is 2.13. The van der Waals surface area contributed by atoms with Gasteiger partial charge in [-0.15, -0.1) is 0 Å². The molecule has 0 amide bonds. The molecular weight excluding hydrogens is 572 g/mol. The van der Waals surface area contributed by atoms with Gasteiger partial charge in [0, 0.05) is 0 Å². The molecule has 0 fully saturated rings. The summed E-state index contributed by atoms with van der Waals surface area (Å²) in [5.41, 5.74) is 0.814. The van der Waals surface area contributed by atoms with Gasteiger partial charge >= 0.3 is 11.9 Å². The van der Waals surface area contributed by atoms with Crippen molar-refractivity contribution in [3.05, 3.63) is 35.4 Å². The molecular formula is C40H72N2O4. The number of hydrogen-bond donors (Lipinski definition) is 0. The Morgan fingerprint density at radius 1 is 0.457 bits per heavy atom. The van der Waals surface area contributed by atoms with E-state index in [0.29, 0.717) is 24.3 Å². The van der Waals surface area contributed by atoms with Crippen LogP contribution in [0.15, 0.2) is 24.3 Å². The molecule has 0 radical (unpaired) electrons. The van der Waals surface area contributed by atoms with Crippen molar-refractivity contribution >= 4 is 11.9 Å². The smallest absolute Gasteiger partial charge is 0.338 e. The van der Waals surface area contributed by atoms with E-state index in [1.165, 1.54) is 129 Å². The summed E-state index contributed by atoms with van der Waals surface area (Å²) < 4.78 is 11.1. The molecule has 266 valence electrons. The first-order valence-electron chi connectivity index (χ1n) is 19.4. The molecule has 0 saturated carbocycles. The molecule has 0 unspecified atom stereocenters. The Hall–Kier alpha value is -1.92. The molecule has 0 aliphatic rings. The van der Waals surface area contributed by atoms with Crippen LogP contribution in [0.4, 0.5) is 0 Å². The van der Waals surface area contributed by atoms with Gasteiger partial charge in [0.15, 0.2) is 0 Å². The SMILES string of the molecule is CCCCCCN(CCCCCC)CCCCOC(=O)c1cccc(C(=O)OCCCCN(CCCCCC)CCCCCC)c1. The summed E-state index contributed by atoms with van der Waals surface area (Å²) in [6.45, 7) is 16.7. The number of ether oxygens (including phenoxy) is 2. The Balaban J connectivity index is 2.38. The zero-order valence-corrected chi connectivity index (χ0v) is 30.6. The minimum Gasteiger partial charge on any atom is -0.462 e. The van der Waals surface area contributed by atoms with Gasteiger partial charge in [0.25, 0.3) is 0 Å². The van der Waals surface area contributed by atoms with Gasteiger partial charge in [0.1, 0.15) is 0 Å². The summed E-state index contributed by atoms with van der Waals surface area (Å²) >= 11 is 0. The zero-order chi connectivity index (χ0) is 33.5. The van der Waals surface area contributed by atoms with Crippen LogP contribution in [0.2, 0.25) is 0 Å². The lowest BCUT2D eigenvalue weighted by molar-refractivity contribution is 0.0493. The fourth-order valence-electron chi connectivity index (χ4n) is 5.86. The quantitative estimate of drug-likeness (QED) is 0.0574. The van der Waals surface area contributed by atoms with Crippen LogP contribution in [-0.2, 0) is 9.47 Å². The van der Waals surface area contributed by atoms with Gasteiger partial charge in [-0.05, 0) is 109 Å². The van der Waals surface area contributed by atoms with E-state index in [-0.39, 0.29) is 11.9 Å². The number of unbranched alkanes of at least 4 members (excludes halogenated alkanes) is 14. The number of carbonyl (C=O) groups excluding carboxylic acids is 2. The third kappa shape index (κ3) is 22.6. The molecule has 6 nitrogen and oxygen atoms in total. The lowest BCUT2D eigenvalue weighted by atomic mass is 10.1. The molecule has 1 aromatic rings. The molecule has 0 aromatic heterocycles. The molecule has 0 N–H and O–H groups in total. The summed E-state index contributed by atoms with van der Waals surface area (Å²) in [6.07, 6.45) is 24.4. The number of hydrogen-bond acceptors (Lipinski definition) is 6. The number of esters is 2. The van der Waals surface area contributed by atoms with Gasteiger partial charge in [0.05, 0.1) is 24.3 Å². The highest BCUT2D eigenvalue weighted by atomic mass is 16.5. The van der Waals surface area contributed by atoms with Crippen LogP contribution in [-0.4, -0.2) is 74.2 Å². The van der Waals surface area contributed by atoms with Crippen molar-refractivity contribution in [1.82, 2.24) is 9.80 Å². The fraction of sp³-hybridized carbons (Fsp3) is 0.800. The number of benzene rings is 1. The highest BCUT2D eigenvalue weighted by molar-refractivity contribution is 5.95. The maximum Gasteiger partial charge on any atom is 0.338 e. The van der Waals surface area contributed by atoms with Crippen LogP contribution >= 0.6 is 0 Å². The van der Waals surface area contributed by atoms with Crippen LogP contribution in [0.5, 0.6) is 0 Å². The van der Waals surface area contributed by atoms with E-state index in [9.17, 15) is 9.59 Å². The molecule has 0 saturated heterocycles. The largest absolute Gasteiger partial charge is 0.462 e. The minimum atomic E-state index is -0.372. The minimum absolute atomic E-state index is 0.372. The molecule has 0 heterocycles. The second kappa shape index (κ2) is 30.4. The van der Waals surface area contributed by atoms with E-state index in [2.05, 4.69) is 37.5 Å². The Kier molecular flexibility index (Phi) is 27.8. The molecule has 0 atom stereocenters. The van der Waals surface area contributed by atoms with E-state index in [0.717, 1.165) is 38.8 Å². The van der Waals surface area contributed by atoms with Crippen molar-refractivity contribution in [1.29, 1.82) is 0 Å². The van der Waals surface area contributed by atoms with Gasteiger partial charge in [-0.3, -0.25) is 0 Å². The van der Waals surface area contributed by atoms with Crippen LogP contribution in [0.3, 0.4) is 0 Å². The Labute approximate surface area is 284 Å². The van der Waals surface area contributed by atoms with Crippen molar-refractivity contribution in [3.63, 3.8) is 0 Å². The Bertz CT molecular complexity index is 772. The van der Waals surface area contributed by atoms with Crippen molar-refractivity contribution in [3.8, 4) is 0 Å². The van der Waals surface area contributed by atoms with Gasteiger partial charge in [0.2, 0.25) is 0 Å². The number of rotatable bonds is 32. The normalized spacial score (nSPS) is 11.4. The summed E-state index contributed by atoms with van der Waals surface area (Å²) in [5.74, 6) is -0.743. The highest BCUT2D eigenvalue weighted by Crippen LogP contribution is 2.12. The van der Waals surface area contributed by atoms with E-state index < -0.39 is 0 Å². The first kappa shape index (κ1) is 42.1. The molecule has 1 aromatic carbocycles. The monoisotopic (exact) mass is 645 g/mol. The van der Waals surface area contributed by atoms with Crippen LogP contribution < -0.4 is 0 Å². The van der Waals surface area contributed by atoms with Crippen molar-refractivity contribution in [2.24, 2.45) is 0 Å². The molecule has 0 aliphatic heterocycles. The molecule has 0 spiro atoms. The summed E-state index contributed by atoms with van der Waals surface area (Å²) in [5, 5.41) is 0. The van der Waals surface area contributed by atoms with Crippen LogP contribution in [0.1, 0.15) is 177 Å². The second-order valence-corrected chi connectivity index (χ2v) is 13.2. The number of carbonyl (C=O) groups is 2.